The topological polar surface area (TPSA) is 66.9 Å². The number of nitrogens with zero attached hydrogens (tertiary/aromatic N) is 2. The van der Waals surface area contributed by atoms with E-state index in [1.54, 1.807) is 24.9 Å². The highest BCUT2D eigenvalue weighted by Crippen LogP contribution is 2.27. The van der Waals surface area contributed by atoms with Crippen LogP contribution in [0.2, 0.25) is 0 Å². The van der Waals surface area contributed by atoms with E-state index in [2.05, 4.69) is 0 Å². The molecule has 0 saturated heterocycles. The van der Waals surface area contributed by atoms with Crippen LogP contribution in [-0.2, 0) is 20.9 Å². The third-order valence-corrected chi connectivity index (χ3v) is 3.23. The van der Waals surface area contributed by atoms with Crippen molar-refractivity contribution in [3.63, 3.8) is 0 Å². The van der Waals surface area contributed by atoms with E-state index in [-0.39, 0.29) is 31.4 Å². The molecular formula is C15H18N2O4. The van der Waals surface area contributed by atoms with Crippen LogP contribution in [0.1, 0.15) is 18.9 Å². The molecule has 0 saturated carbocycles. The molecule has 0 N–H and O–H groups in total. The number of esters is 1. The van der Waals surface area contributed by atoms with Gasteiger partial charge in [-0.15, -0.1) is 0 Å². The van der Waals surface area contributed by atoms with Crippen molar-refractivity contribution in [2.75, 3.05) is 25.1 Å². The first-order valence-electron chi connectivity index (χ1n) is 6.80. The van der Waals surface area contributed by atoms with E-state index in [9.17, 15) is 14.4 Å². The second kappa shape index (κ2) is 6.39. The molecule has 0 radical (unpaired) electrons. The number of rotatable bonds is 5. The number of carbonyl (C=O) groups excluding carboxylic acids is 3. The monoisotopic (exact) mass is 290 g/mol. The first-order valence-corrected chi connectivity index (χ1v) is 6.80. The number of hydrogen-bond donors (Lipinski definition) is 0. The second-order valence-corrected chi connectivity index (χ2v) is 4.87. The smallest absolute Gasteiger partial charge is 0.324 e. The summed E-state index contributed by atoms with van der Waals surface area (Å²) in [5.41, 5.74) is 1.70. The van der Waals surface area contributed by atoms with E-state index in [0.29, 0.717) is 6.54 Å². The molecule has 112 valence electrons. The molecule has 0 unspecified atom stereocenters. The maximum atomic E-state index is 12.2. The summed E-state index contributed by atoms with van der Waals surface area (Å²) in [5.74, 6) is -0.902. The molecule has 21 heavy (non-hydrogen) atoms. The van der Waals surface area contributed by atoms with Crippen molar-refractivity contribution in [1.82, 2.24) is 4.90 Å². The van der Waals surface area contributed by atoms with Crippen LogP contribution in [0.15, 0.2) is 24.3 Å². The summed E-state index contributed by atoms with van der Waals surface area (Å²) in [6.07, 6.45) is -0.316. The molecule has 0 aliphatic carbocycles. The average molecular weight is 290 g/mol. The number of carbonyl (C=O) groups is 3. The Morgan fingerprint density at radius 1 is 1.29 bits per heavy atom. The van der Waals surface area contributed by atoms with Crippen molar-refractivity contribution in [1.29, 1.82) is 0 Å². The van der Waals surface area contributed by atoms with Crippen LogP contribution in [0, 0.1) is 0 Å². The highest BCUT2D eigenvalue weighted by Gasteiger charge is 2.29. The van der Waals surface area contributed by atoms with Gasteiger partial charge < -0.3 is 9.64 Å². The largest absolute Gasteiger partial charge is 0.466 e. The van der Waals surface area contributed by atoms with Gasteiger partial charge in [-0.1, -0.05) is 18.2 Å². The van der Waals surface area contributed by atoms with Gasteiger partial charge in [0.15, 0.2) is 5.78 Å². The fourth-order valence-electron chi connectivity index (χ4n) is 2.30. The molecule has 1 aliphatic heterocycles. The molecular weight excluding hydrogens is 272 g/mol. The van der Waals surface area contributed by atoms with Crippen molar-refractivity contribution in [2.45, 2.75) is 19.9 Å². The molecule has 6 nitrogen and oxygen atoms in total. The SMILES string of the molecule is CCOC(=O)CC(=O)CN1C(=O)N(C)Cc2ccccc21. The van der Waals surface area contributed by atoms with Crippen LogP contribution in [-0.4, -0.2) is 42.9 Å². The third kappa shape index (κ3) is 3.39. The lowest BCUT2D eigenvalue weighted by Gasteiger charge is -2.34. The number of urea groups is 1. The molecule has 0 bridgehead atoms. The van der Waals surface area contributed by atoms with Gasteiger partial charge in [-0.2, -0.15) is 0 Å². The van der Waals surface area contributed by atoms with Gasteiger partial charge in [-0.3, -0.25) is 14.5 Å². The Morgan fingerprint density at radius 3 is 2.71 bits per heavy atom. The summed E-state index contributed by atoms with van der Waals surface area (Å²) in [5, 5.41) is 0. The standard InChI is InChI=1S/C15H18N2O4/c1-3-21-14(19)8-12(18)10-17-13-7-5-4-6-11(13)9-16(2)15(17)20/h4-7H,3,8-10H2,1-2H3. The number of para-hydroxylation sites is 1. The van der Waals surface area contributed by atoms with E-state index in [4.69, 9.17) is 4.74 Å². The summed E-state index contributed by atoms with van der Waals surface area (Å²) < 4.78 is 4.75. The molecule has 0 aromatic heterocycles. The number of ether oxygens (including phenoxy) is 1. The molecule has 2 amide bonds. The van der Waals surface area contributed by atoms with E-state index in [1.165, 1.54) is 4.90 Å². The van der Waals surface area contributed by atoms with Gasteiger partial charge in [0.05, 0.1) is 18.8 Å². The van der Waals surface area contributed by atoms with Crippen molar-refractivity contribution in [3.8, 4) is 0 Å². The highest BCUT2D eigenvalue weighted by molar-refractivity contribution is 6.04. The lowest BCUT2D eigenvalue weighted by molar-refractivity contribution is -0.145. The lowest BCUT2D eigenvalue weighted by Crippen LogP contribution is -2.47. The summed E-state index contributed by atoms with van der Waals surface area (Å²) in [7, 11) is 1.68. The van der Waals surface area contributed by atoms with Crippen LogP contribution < -0.4 is 4.90 Å². The minimum absolute atomic E-state index is 0.126. The van der Waals surface area contributed by atoms with Gasteiger partial charge in [0.25, 0.3) is 0 Å². The van der Waals surface area contributed by atoms with Gasteiger partial charge in [-0.25, -0.2) is 4.79 Å². The number of ketones is 1. The minimum Gasteiger partial charge on any atom is -0.466 e. The molecule has 1 aliphatic rings. The molecule has 0 spiro atoms. The van der Waals surface area contributed by atoms with Crippen molar-refractivity contribution >= 4 is 23.5 Å². The van der Waals surface area contributed by atoms with Crippen LogP contribution >= 0.6 is 0 Å². The Hall–Kier alpha value is -2.37. The molecule has 6 heteroatoms. The molecule has 0 fully saturated rings. The Bertz CT molecular complexity index is 571. The van der Waals surface area contributed by atoms with Gasteiger partial charge in [-0.05, 0) is 18.6 Å². The summed E-state index contributed by atoms with van der Waals surface area (Å²) in [4.78, 5) is 38.4. The average Bonchev–Trinajstić information content (AvgIpc) is 2.44. The van der Waals surface area contributed by atoms with Crippen LogP contribution in [0.5, 0.6) is 0 Å². The predicted molar refractivity (Wildman–Crippen MR) is 76.9 cm³/mol. The maximum absolute atomic E-state index is 12.2. The summed E-state index contributed by atoms with van der Waals surface area (Å²) in [6, 6.07) is 7.19. The van der Waals surface area contributed by atoms with Gasteiger partial charge in [0.2, 0.25) is 0 Å². The number of fused-ring (bicyclic) bond motifs is 1. The molecule has 1 aromatic rings. The number of amides is 2. The summed E-state index contributed by atoms with van der Waals surface area (Å²) in [6.45, 7) is 2.30. The van der Waals surface area contributed by atoms with Crippen LogP contribution in [0.4, 0.5) is 10.5 Å². The molecule has 0 atom stereocenters. The maximum Gasteiger partial charge on any atom is 0.324 e. The van der Waals surface area contributed by atoms with Gasteiger partial charge in [0.1, 0.15) is 6.42 Å². The normalized spacial score (nSPS) is 13.9. The Labute approximate surface area is 123 Å². The molecule has 1 heterocycles. The fourth-order valence-corrected chi connectivity index (χ4v) is 2.30. The number of anilines is 1. The van der Waals surface area contributed by atoms with E-state index < -0.39 is 5.97 Å². The van der Waals surface area contributed by atoms with Crippen LogP contribution in [0.3, 0.4) is 0 Å². The van der Waals surface area contributed by atoms with Gasteiger partial charge in [0, 0.05) is 13.6 Å². The molecule has 1 aromatic carbocycles. The minimum atomic E-state index is -0.561. The van der Waals surface area contributed by atoms with Crippen LogP contribution in [0.25, 0.3) is 0 Å². The number of benzene rings is 1. The summed E-state index contributed by atoms with van der Waals surface area (Å²) >= 11 is 0. The Kier molecular flexibility index (Phi) is 4.57. The Morgan fingerprint density at radius 2 is 2.00 bits per heavy atom. The quantitative estimate of drug-likeness (QED) is 0.610. The van der Waals surface area contributed by atoms with Crippen molar-refractivity contribution in [2.24, 2.45) is 0 Å². The number of Topliss-reactive ketones (excluding diaryl/α,β-unsaturated/α-hetero) is 1. The van der Waals surface area contributed by atoms with Crippen molar-refractivity contribution < 1.29 is 19.1 Å². The Balaban J connectivity index is 2.13. The van der Waals surface area contributed by atoms with E-state index in [0.717, 1.165) is 11.3 Å². The fraction of sp³-hybridized carbons (Fsp3) is 0.400. The zero-order chi connectivity index (χ0) is 15.4. The van der Waals surface area contributed by atoms with Gasteiger partial charge >= 0.3 is 12.0 Å². The third-order valence-electron chi connectivity index (χ3n) is 3.23. The predicted octanol–water partition coefficient (Wildman–Crippen LogP) is 1.58. The van der Waals surface area contributed by atoms with E-state index in [1.807, 2.05) is 18.2 Å². The van der Waals surface area contributed by atoms with E-state index >= 15 is 0 Å². The number of hydrogen-bond acceptors (Lipinski definition) is 4. The zero-order valence-corrected chi connectivity index (χ0v) is 12.2. The first kappa shape index (κ1) is 15.0. The molecule has 2 rings (SSSR count). The zero-order valence-electron chi connectivity index (χ0n) is 12.2. The highest BCUT2D eigenvalue weighted by atomic mass is 16.5. The lowest BCUT2D eigenvalue weighted by atomic mass is 10.1. The first-order chi connectivity index (χ1) is 10.0. The second-order valence-electron chi connectivity index (χ2n) is 4.87. The van der Waals surface area contributed by atoms with Crippen molar-refractivity contribution in [3.05, 3.63) is 29.8 Å².